The Morgan fingerprint density at radius 1 is 1.12 bits per heavy atom. The molecule has 0 fully saturated rings. The van der Waals surface area contributed by atoms with Crippen molar-refractivity contribution < 1.29 is 4.74 Å². The highest BCUT2D eigenvalue weighted by Crippen LogP contribution is 2.19. The molecule has 0 aliphatic rings. The highest BCUT2D eigenvalue weighted by Gasteiger charge is 1.99. The average molecular weight is 235 g/mol. The molecule has 0 heterocycles. The van der Waals surface area contributed by atoms with Gasteiger partial charge in [-0.25, -0.2) is 0 Å². The van der Waals surface area contributed by atoms with Crippen LogP contribution in [-0.4, -0.2) is 20.7 Å². The van der Waals surface area contributed by atoms with Crippen LogP contribution in [0.5, 0.6) is 5.75 Å². The summed E-state index contributed by atoms with van der Waals surface area (Å²) < 4.78 is 5.26. The number of aryl methyl sites for hydroxylation is 2. The third kappa shape index (κ3) is 5.22. The van der Waals surface area contributed by atoms with Crippen LogP contribution in [-0.2, 0) is 6.42 Å². The van der Waals surface area contributed by atoms with E-state index in [1.54, 1.807) is 7.11 Å². The van der Waals surface area contributed by atoms with Gasteiger partial charge in [-0.2, -0.15) is 0 Å². The molecule has 0 saturated heterocycles. The van der Waals surface area contributed by atoms with E-state index in [1.807, 2.05) is 7.05 Å². The van der Waals surface area contributed by atoms with Crippen LogP contribution in [0.25, 0.3) is 0 Å². The second kappa shape index (κ2) is 8.13. The zero-order chi connectivity index (χ0) is 12.5. The van der Waals surface area contributed by atoms with Gasteiger partial charge >= 0.3 is 0 Å². The highest BCUT2D eigenvalue weighted by atomic mass is 16.5. The normalized spacial score (nSPS) is 10.5. The molecule has 1 rings (SSSR count). The molecule has 0 radical (unpaired) electrons. The molecule has 0 aliphatic heterocycles. The lowest BCUT2D eigenvalue weighted by Gasteiger charge is -2.07. The van der Waals surface area contributed by atoms with Gasteiger partial charge in [-0.3, -0.25) is 0 Å². The van der Waals surface area contributed by atoms with Gasteiger partial charge < -0.3 is 10.1 Å². The molecule has 0 saturated carbocycles. The fourth-order valence-electron chi connectivity index (χ4n) is 2.08. The third-order valence-corrected chi connectivity index (χ3v) is 3.10. The average Bonchev–Trinajstić information content (AvgIpc) is 2.34. The lowest BCUT2D eigenvalue weighted by atomic mass is 10.0. The number of hydrogen-bond acceptors (Lipinski definition) is 2. The Morgan fingerprint density at radius 2 is 1.88 bits per heavy atom. The van der Waals surface area contributed by atoms with Gasteiger partial charge in [-0.1, -0.05) is 25.0 Å². The molecule has 1 aromatic carbocycles. The van der Waals surface area contributed by atoms with Crippen LogP contribution in [0.2, 0.25) is 0 Å². The molecule has 1 aromatic rings. The Morgan fingerprint density at radius 3 is 2.53 bits per heavy atom. The monoisotopic (exact) mass is 235 g/mol. The number of rotatable bonds is 8. The van der Waals surface area contributed by atoms with Crippen LogP contribution in [0.3, 0.4) is 0 Å². The van der Waals surface area contributed by atoms with E-state index in [1.165, 1.54) is 43.2 Å². The van der Waals surface area contributed by atoms with E-state index in [0.717, 1.165) is 12.3 Å². The van der Waals surface area contributed by atoms with Gasteiger partial charge in [0, 0.05) is 0 Å². The van der Waals surface area contributed by atoms with Gasteiger partial charge in [-0.15, -0.1) is 0 Å². The van der Waals surface area contributed by atoms with Gasteiger partial charge in [0.25, 0.3) is 0 Å². The number of hydrogen-bond donors (Lipinski definition) is 1. The molecule has 96 valence electrons. The van der Waals surface area contributed by atoms with Gasteiger partial charge in [0.1, 0.15) is 5.75 Å². The van der Waals surface area contributed by atoms with Crippen molar-refractivity contribution in [1.29, 1.82) is 0 Å². The van der Waals surface area contributed by atoms with Crippen molar-refractivity contribution in [2.45, 2.75) is 39.0 Å². The summed E-state index contributed by atoms with van der Waals surface area (Å²) in [7, 11) is 3.74. The summed E-state index contributed by atoms with van der Waals surface area (Å²) in [6.45, 7) is 3.25. The minimum Gasteiger partial charge on any atom is -0.496 e. The molecule has 0 atom stereocenters. The molecular weight excluding hydrogens is 210 g/mol. The van der Waals surface area contributed by atoms with Crippen LogP contribution in [0.15, 0.2) is 18.2 Å². The van der Waals surface area contributed by atoms with E-state index >= 15 is 0 Å². The van der Waals surface area contributed by atoms with Crippen molar-refractivity contribution in [3.05, 3.63) is 29.3 Å². The largest absolute Gasteiger partial charge is 0.496 e. The highest BCUT2D eigenvalue weighted by molar-refractivity contribution is 5.36. The second-order valence-corrected chi connectivity index (χ2v) is 4.57. The quantitative estimate of drug-likeness (QED) is 0.698. The standard InChI is InChI=1S/C15H25NO/c1-13-12-14(9-10-15(13)17-3)8-6-4-5-7-11-16-2/h9-10,12,16H,4-8,11H2,1-3H3. The Bertz CT molecular complexity index is 323. The van der Waals surface area contributed by atoms with Crippen molar-refractivity contribution in [3.63, 3.8) is 0 Å². The molecule has 0 aromatic heterocycles. The summed E-state index contributed by atoms with van der Waals surface area (Å²) in [5.74, 6) is 0.989. The first-order chi connectivity index (χ1) is 8.27. The second-order valence-electron chi connectivity index (χ2n) is 4.57. The maximum atomic E-state index is 5.26. The molecule has 0 bridgehead atoms. The van der Waals surface area contributed by atoms with E-state index in [0.29, 0.717) is 0 Å². The van der Waals surface area contributed by atoms with Crippen molar-refractivity contribution in [2.75, 3.05) is 20.7 Å². The number of methoxy groups -OCH3 is 1. The molecular formula is C15H25NO. The Hall–Kier alpha value is -1.02. The Kier molecular flexibility index (Phi) is 6.71. The van der Waals surface area contributed by atoms with Gasteiger partial charge in [0.15, 0.2) is 0 Å². The maximum Gasteiger partial charge on any atom is 0.121 e. The van der Waals surface area contributed by atoms with Crippen LogP contribution < -0.4 is 10.1 Å². The van der Waals surface area contributed by atoms with Crippen LogP contribution in [0, 0.1) is 6.92 Å². The maximum absolute atomic E-state index is 5.26. The molecule has 2 heteroatoms. The van der Waals surface area contributed by atoms with E-state index < -0.39 is 0 Å². The first-order valence-corrected chi connectivity index (χ1v) is 6.56. The minimum atomic E-state index is 0.989. The van der Waals surface area contributed by atoms with E-state index in [4.69, 9.17) is 4.74 Å². The topological polar surface area (TPSA) is 21.3 Å². The van der Waals surface area contributed by atoms with E-state index in [-0.39, 0.29) is 0 Å². The lowest BCUT2D eigenvalue weighted by molar-refractivity contribution is 0.411. The SMILES string of the molecule is CNCCCCCCc1ccc(OC)c(C)c1. The molecule has 0 amide bonds. The van der Waals surface area contributed by atoms with Gasteiger partial charge in [0.05, 0.1) is 7.11 Å². The molecule has 1 N–H and O–H groups in total. The molecule has 0 aliphatic carbocycles. The predicted octanol–water partition coefficient (Wildman–Crippen LogP) is 3.33. The fourth-order valence-corrected chi connectivity index (χ4v) is 2.08. The lowest BCUT2D eigenvalue weighted by Crippen LogP contribution is -2.06. The summed E-state index contributed by atoms with van der Waals surface area (Å²) in [4.78, 5) is 0. The van der Waals surface area contributed by atoms with Gasteiger partial charge in [0.2, 0.25) is 0 Å². The minimum absolute atomic E-state index is 0.989. The number of unbranched alkanes of at least 4 members (excludes halogenated alkanes) is 3. The smallest absolute Gasteiger partial charge is 0.121 e. The number of ether oxygens (including phenoxy) is 1. The fraction of sp³-hybridized carbons (Fsp3) is 0.600. The van der Waals surface area contributed by atoms with Crippen molar-refractivity contribution >= 4 is 0 Å². The summed E-state index contributed by atoms with van der Waals surface area (Å²) in [5.41, 5.74) is 2.66. The molecule has 0 unspecified atom stereocenters. The van der Waals surface area contributed by atoms with Crippen molar-refractivity contribution in [2.24, 2.45) is 0 Å². The van der Waals surface area contributed by atoms with Crippen molar-refractivity contribution in [1.82, 2.24) is 5.32 Å². The number of benzene rings is 1. The number of nitrogens with one attached hydrogen (secondary N) is 1. The summed E-state index contributed by atoms with van der Waals surface area (Å²) in [5, 5.41) is 3.18. The summed E-state index contributed by atoms with van der Waals surface area (Å²) in [6, 6.07) is 6.50. The third-order valence-electron chi connectivity index (χ3n) is 3.10. The Labute approximate surface area is 105 Å². The first kappa shape index (κ1) is 14.0. The van der Waals surface area contributed by atoms with Crippen molar-refractivity contribution in [3.8, 4) is 5.75 Å². The zero-order valence-electron chi connectivity index (χ0n) is 11.4. The summed E-state index contributed by atoms with van der Waals surface area (Å²) in [6.07, 6.45) is 6.42. The van der Waals surface area contributed by atoms with Crippen LogP contribution in [0.1, 0.15) is 36.8 Å². The zero-order valence-corrected chi connectivity index (χ0v) is 11.4. The van der Waals surface area contributed by atoms with E-state index in [2.05, 4.69) is 30.4 Å². The molecule has 2 nitrogen and oxygen atoms in total. The van der Waals surface area contributed by atoms with Gasteiger partial charge in [-0.05, 0) is 57.0 Å². The molecule has 0 spiro atoms. The summed E-state index contributed by atoms with van der Waals surface area (Å²) >= 11 is 0. The molecule has 17 heavy (non-hydrogen) atoms. The first-order valence-electron chi connectivity index (χ1n) is 6.56. The van der Waals surface area contributed by atoms with Crippen LogP contribution in [0.4, 0.5) is 0 Å². The van der Waals surface area contributed by atoms with E-state index in [9.17, 15) is 0 Å². The predicted molar refractivity (Wildman–Crippen MR) is 73.8 cm³/mol. The Balaban J connectivity index is 2.25. The van der Waals surface area contributed by atoms with Crippen LogP contribution >= 0.6 is 0 Å².